The van der Waals surface area contributed by atoms with Crippen LogP contribution in [0.2, 0.25) is 0 Å². The number of nitrogens with two attached hydrogens (primary N) is 1. The molecule has 2 N–H and O–H groups in total. The maximum absolute atomic E-state index is 6.27. The number of hydrogen-bond acceptors (Lipinski definition) is 2. The molecule has 0 radical (unpaired) electrons. The van der Waals surface area contributed by atoms with Gasteiger partial charge < -0.3 is 10.5 Å². The second-order valence-corrected chi connectivity index (χ2v) is 4.96. The van der Waals surface area contributed by atoms with E-state index in [9.17, 15) is 0 Å². The summed E-state index contributed by atoms with van der Waals surface area (Å²) in [4.78, 5) is 0. The first-order chi connectivity index (χ1) is 5.56. The van der Waals surface area contributed by atoms with Crippen LogP contribution in [0.4, 0.5) is 0 Å². The smallest absolute Gasteiger partial charge is 0.0759 e. The molecule has 1 saturated carbocycles. The highest BCUT2D eigenvalue weighted by molar-refractivity contribution is 5.19. The van der Waals surface area contributed by atoms with Gasteiger partial charge in [0.1, 0.15) is 0 Å². The molecule has 2 aliphatic rings. The summed E-state index contributed by atoms with van der Waals surface area (Å²) in [5.74, 6) is 0. The van der Waals surface area contributed by atoms with Crippen molar-refractivity contribution >= 4 is 0 Å². The molecule has 0 amide bonds. The van der Waals surface area contributed by atoms with Crippen molar-refractivity contribution in [3.8, 4) is 0 Å². The summed E-state index contributed by atoms with van der Waals surface area (Å²) in [6.45, 7) is 5.40. The normalized spacial score (nSPS) is 45.8. The van der Waals surface area contributed by atoms with Crippen LogP contribution in [0.5, 0.6) is 0 Å². The van der Waals surface area contributed by atoms with Gasteiger partial charge in [-0.05, 0) is 31.1 Å². The van der Waals surface area contributed by atoms with E-state index < -0.39 is 0 Å². The van der Waals surface area contributed by atoms with Gasteiger partial charge in [0, 0.05) is 12.1 Å². The van der Waals surface area contributed by atoms with E-state index in [1.807, 2.05) is 0 Å². The van der Waals surface area contributed by atoms with Crippen LogP contribution in [0.15, 0.2) is 0 Å². The quantitative estimate of drug-likeness (QED) is 0.648. The molecule has 2 rings (SSSR count). The van der Waals surface area contributed by atoms with Gasteiger partial charge in [-0.1, -0.05) is 13.8 Å². The van der Waals surface area contributed by atoms with Crippen molar-refractivity contribution < 1.29 is 4.74 Å². The molecule has 0 spiro atoms. The van der Waals surface area contributed by atoms with E-state index in [2.05, 4.69) is 13.8 Å². The minimum atomic E-state index is -0.00653. The molecule has 0 aromatic heterocycles. The van der Waals surface area contributed by atoms with Gasteiger partial charge in [-0.2, -0.15) is 0 Å². The molecule has 0 bridgehead atoms. The van der Waals surface area contributed by atoms with E-state index in [4.69, 9.17) is 10.5 Å². The largest absolute Gasteiger partial charge is 0.376 e. The molecule has 70 valence electrons. The lowest BCUT2D eigenvalue weighted by Crippen LogP contribution is -2.44. The molecule has 1 aliphatic carbocycles. The Morgan fingerprint density at radius 3 is 2.42 bits per heavy atom. The Balaban J connectivity index is 2.00. The minimum Gasteiger partial charge on any atom is -0.376 e. The van der Waals surface area contributed by atoms with Crippen molar-refractivity contribution in [1.82, 2.24) is 0 Å². The second-order valence-electron chi connectivity index (χ2n) is 4.96. The lowest BCUT2D eigenvalue weighted by molar-refractivity contribution is -0.0139. The molecule has 0 aromatic carbocycles. The fourth-order valence-corrected chi connectivity index (χ4v) is 2.38. The van der Waals surface area contributed by atoms with Crippen LogP contribution in [0.3, 0.4) is 0 Å². The molecule has 2 atom stereocenters. The van der Waals surface area contributed by atoms with Crippen LogP contribution >= 0.6 is 0 Å². The molecule has 2 heteroatoms. The van der Waals surface area contributed by atoms with Crippen LogP contribution in [0, 0.1) is 5.41 Å². The molecule has 1 heterocycles. The highest BCUT2D eigenvalue weighted by atomic mass is 16.5. The summed E-state index contributed by atoms with van der Waals surface area (Å²) in [6, 6.07) is 0. The fraction of sp³-hybridized carbons (Fsp3) is 1.00. The zero-order valence-electron chi connectivity index (χ0n) is 8.10. The Morgan fingerprint density at radius 2 is 2.00 bits per heavy atom. The zero-order chi connectivity index (χ0) is 8.82. The van der Waals surface area contributed by atoms with Crippen LogP contribution in [-0.2, 0) is 4.74 Å². The standard InChI is InChI=1S/C10H19NO/c1-9(2)7-10(9,11)8-5-3-4-6-12-8/h8H,3-7,11H2,1-2H3. The monoisotopic (exact) mass is 169 g/mol. The van der Waals surface area contributed by atoms with Gasteiger partial charge in [-0.3, -0.25) is 0 Å². The summed E-state index contributed by atoms with van der Waals surface area (Å²) < 4.78 is 5.72. The summed E-state index contributed by atoms with van der Waals surface area (Å²) in [7, 11) is 0. The van der Waals surface area contributed by atoms with E-state index in [0.29, 0.717) is 11.5 Å². The van der Waals surface area contributed by atoms with Gasteiger partial charge in [-0.25, -0.2) is 0 Å². The summed E-state index contributed by atoms with van der Waals surface area (Å²) in [5, 5.41) is 0. The van der Waals surface area contributed by atoms with Gasteiger partial charge in [0.2, 0.25) is 0 Å². The topological polar surface area (TPSA) is 35.2 Å². The van der Waals surface area contributed by atoms with Gasteiger partial charge >= 0.3 is 0 Å². The Hall–Kier alpha value is -0.0800. The summed E-state index contributed by atoms with van der Waals surface area (Å²) in [6.07, 6.45) is 5.14. The average molecular weight is 169 g/mol. The fourth-order valence-electron chi connectivity index (χ4n) is 2.38. The Kier molecular flexibility index (Phi) is 1.74. The minimum absolute atomic E-state index is 0.00653. The first-order valence-electron chi connectivity index (χ1n) is 4.97. The van der Waals surface area contributed by atoms with E-state index in [1.54, 1.807) is 0 Å². The van der Waals surface area contributed by atoms with Crippen LogP contribution in [0.25, 0.3) is 0 Å². The lowest BCUT2D eigenvalue weighted by Gasteiger charge is -2.30. The van der Waals surface area contributed by atoms with Gasteiger partial charge in [0.05, 0.1) is 6.10 Å². The maximum atomic E-state index is 6.27. The number of rotatable bonds is 1. The molecule has 2 nitrogen and oxygen atoms in total. The Labute approximate surface area is 74.5 Å². The van der Waals surface area contributed by atoms with Gasteiger partial charge in [0.15, 0.2) is 0 Å². The van der Waals surface area contributed by atoms with Crippen molar-refractivity contribution in [2.24, 2.45) is 11.1 Å². The van der Waals surface area contributed by atoms with Gasteiger partial charge in [0.25, 0.3) is 0 Å². The van der Waals surface area contributed by atoms with E-state index in [0.717, 1.165) is 13.0 Å². The summed E-state index contributed by atoms with van der Waals surface area (Å²) >= 11 is 0. The van der Waals surface area contributed by atoms with Crippen molar-refractivity contribution in [1.29, 1.82) is 0 Å². The highest BCUT2D eigenvalue weighted by Crippen LogP contribution is 2.57. The Bertz CT molecular complexity index is 184. The van der Waals surface area contributed by atoms with Crippen LogP contribution in [0.1, 0.15) is 39.5 Å². The molecule has 0 aromatic rings. The third-order valence-corrected chi connectivity index (χ3v) is 3.62. The number of ether oxygens (including phenoxy) is 1. The van der Waals surface area contributed by atoms with Crippen molar-refractivity contribution in [3.63, 3.8) is 0 Å². The predicted molar refractivity (Wildman–Crippen MR) is 48.9 cm³/mol. The predicted octanol–water partition coefficient (Wildman–Crippen LogP) is 1.68. The lowest BCUT2D eigenvalue weighted by atomic mass is 9.94. The first-order valence-corrected chi connectivity index (χ1v) is 4.97. The van der Waals surface area contributed by atoms with E-state index in [1.165, 1.54) is 19.3 Å². The van der Waals surface area contributed by atoms with E-state index >= 15 is 0 Å². The zero-order valence-corrected chi connectivity index (χ0v) is 8.10. The third-order valence-electron chi connectivity index (χ3n) is 3.62. The van der Waals surface area contributed by atoms with Gasteiger partial charge in [-0.15, -0.1) is 0 Å². The average Bonchev–Trinajstić information content (AvgIpc) is 2.55. The molecule has 2 fully saturated rings. The Morgan fingerprint density at radius 1 is 1.33 bits per heavy atom. The molecular weight excluding hydrogens is 150 g/mol. The van der Waals surface area contributed by atoms with Crippen LogP contribution < -0.4 is 5.73 Å². The number of hydrogen-bond donors (Lipinski definition) is 1. The molecule has 1 saturated heterocycles. The maximum Gasteiger partial charge on any atom is 0.0759 e. The first kappa shape index (κ1) is 8.52. The molecule has 2 unspecified atom stereocenters. The van der Waals surface area contributed by atoms with Crippen molar-refractivity contribution in [2.75, 3.05) is 6.61 Å². The van der Waals surface area contributed by atoms with Crippen molar-refractivity contribution in [2.45, 2.75) is 51.2 Å². The second kappa shape index (κ2) is 2.46. The SMILES string of the molecule is CC1(C)CC1(N)C1CCCCO1. The van der Waals surface area contributed by atoms with Crippen LogP contribution in [-0.4, -0.2) is 18.2 Å². The molecular formula is C10H19NO. The molecule has 12 heavy (non-hydrogen) atoms. The third kappa shape index (κ3) is 1.09. The summed E-state index contributed by atoms with van der Waals surface area (Å²) in [5.41, 5.74) is 6.58. The van der Waals surface area contributed by atoms with E-state index in [-0.39, 0.29) is 5.54 Å². The van der Waals surface area contributed by atoms with Crippen molar-refractivity contribution in [3.05, 3.63) is 0 Å². The highest BCUT2D eigenvalue weighted by Gasteiger charge is 2.63. The molecule has 1 aliphatic heterocycles.